The van der Waals surface area contributed by atoms with Gasteiger partial charge in [0, 0.05) is 12.8 Å². The molecule has 0 heterocycles. The van der Waals surface area contributed by atoms with E-state index in [-0.39, 0.29) is 19.3 Å². The van der Waals surface area contributed by atoms with Gasteiger partial charge < -0.3 is 5.11 Å². The fourth-order valence-electron chi connectivity index (χ4n) is 2.77. The summed E-state index contributed by atoms with van der Waals surface area (Å²) in [5.41, 5.74) is -4.52. The maximum absolute atomic E-state index is 12.9. The van der Waals surface area contributed by atoms with Crippen molar-refractivity contribution >= 4 is 5.78 Å². The van der Waals surface area contributed by atoms with E-state index < -0.39 is 53.0 Å². The SMILES string of the molecule is O=C1CCC2CCC(O)=C(C(F)(F)F)C2=C1C(F)(F)F. The lowest BCUT2D eigenvalue weighted by Crippen LogP contribution is -2.35. The summed E-state index contributed by atoms with van der Waals surface area (Å²) >= 11 is 0. The van der Waals surface area contributed by atoms with E-state index in [0.717, 1.165) is 0 Å². The molecule has 0 aromatic rings. The smallest absolute Gasteiger partial charge is 0.420 e. The zero-order valence-electron chi connectivity index (χ0n) is 10.0. The predicted molar refractivity (Wildman–Crippen MR) is 55.8 cm³/mol. The Labute approximate surface area is 109 Å². The molecule has 0 aliphatic heterocycles. The number of aliphatic hydroxyl groups is 1. The third kappa shape index (κ3) is 2.43. The van der Waals surface area contributed by atoms with Crippen molar-refractivity contribution in [3.63, 3.8) is 0 Å². The van der Waals surface area contributed by atoms with E-state index in [4.69, 9.17) is 0 Å². The molecule has 0 saturated heterocycles. The quantitative estimate of drug-likeness (QED) is 0.687. The molecule has 112 valence electrons. The summed E-state index contributed by atoms with van der Waals surface area (Å²) in [4.78, 5) is 11.4. The average molecular weight is 300 g/mol. The Bertz CT molecular complexity index is 509. The molecule has 0 spiro atoms. The van der Waals surface area contributed by atoms with Gasteiger partial charge in [-0.1, -0.05) is 0 Å². The first-order valence-corrected chi connectivity index (χ1v) is 5.87. The highest BCUT2D eigenvalue weighted by Crippen LogP contribution is 2.50. The van der Waals surface area contributed by atoms with Crippen molar-refractivity contribution in [3.8, 4) is 0 Å². The molecular weight excluding hydrogens is 290 g/mol. The molecule has 2 nitrogen and oxygen atoms in total. The van der Waals surface area contributed by atoms with Crippen LogP contribution in [0, 0.1) is 5.92 Å². The molecule has 1 atom stereocenters. The van der Waals surface area contributed by atoms with Gasteiger partial charge in [0.05, 0.1) is 5.57 Å². The first kappa shape index (κ1) is 14.9. The van der Waals surface area contributed by atoms with Crippen molar-refractivity contribution < 1.29 is 36.2 Å². The molecule has 2 aliphatic rings. The summed E-state index contributed by atoms with van der Waals surface area (Å²) in [5.74, 6) is -3.46. The number of hydrogen-bond donors (Lipinski definition) is 1. The second-order valence-electron chi connectivity index (χ2n) is 4.80. The summed E-state index contributed by atoms with van der Waals surface area (Å²) in [6, 6.07) is 0. The molecule has 0 fully saturated rings. The van der Waals surface area contributed by atoms with Crippen LogP contribution >= 0.6 is 0 Å². The third-order valence-electron chi connectivity index (χ3n) is 3.53. The average Bonchev–Trinajstić information content (AvgIpc) is 2.24. The number of Topliss-reactive ketones (excluding diaryl/α,β-unsaturated/α-hetero) is 1. The van der Waals surface area contributed by atoms with E-state index >= 15 is 0 Å². The number of carbonyl (C=O) groups excluding carboxylic acids is 1. The van der Waals surface area contributed by atoms with E-state index in [1.807, 2.05) is 0 Å². The van der Waals surface area contributed by atoms with Crippen LogP contribution in [0.15, 0.2) is 22.5 Å². The molecule has 1 unspecified atom stereocenters. The standard InChI is InChI=1S/C12H10F6O2/c13-11(14,15)9-6(19)3-1-5-2-4-7(20)10(8(5)9)12(16,17)18/h5,19H,1-4H2. The fraction of sp³-hybridized carbons (Fsp3) is 0.583. The molecular formula is C12H10F6O2. The molecule has 20 heavy (non-hydrogen) atoms. The number of fused-ring (bicyclic) bond motifs is 1. The number of aliphatic hydroxyl groups excluding tert-OH is 1. The molecule has 0 bridgehead atoms. The summed E-state index contributed by atoms with van der Waals surface area (Å²) < 4.78 is 77.5. The molecule has 2 rings (SSSR count). The van der Waals surface area contributed by atoms with Crippen molar-refractivity contribution in [1.29, 1.82) is 0 Å². The molecule has 1 N–H and O–H groups in total. The summed E-state index contributed by atoms with van der Waals surface area (Å²) in [5, 5.41) is 9.36. The van der Waals surface area contributed by atoms with E-state index in [1.54, 1.807) is 0 Å². The minimum Gasteiger partial charge on any atom is -0.512 e. The largest absolute Gasteiger partial charge is 0.512 e. The van der Waals surface area contributed by atoms with Crippen LogP contribution in [0.2, 0.25) is 0 Å². The number of allylic oxidation sites excluding steroid dienone is 4. The van der Waals surface area contributed by atoms with Crippen molar-refractivity contribution in [3.05, 3.63) is 22.5 Å². The predicted octanol–water partition coefficient (Wildman–Crippen LogP) is 3.99. The third-order valence-corrected chi connectivity index (χ3v) is 3.53. The zero-order valence-corrected chi connectivity index (χ0v) is 10.0. The van der Waals surface area contributed by atoms with Crippen LogP contribution in [0.25, 0.3) is 0 Å². The van der Waals surface area contributed by atoms with Gasteiger partial charge in [-0.25, -0.2) is 0 Å². The van der Waals surface area contributed by atoms with E-state index in [0.29, 0.717) is 0 Å². The monoisotopic (exact) mass is 300 g/mol. The fourth-order valence-corrected chi connectivity index (χ4v) is 2.77. The Hall–Kier alpha value is -1.47. The first-order valence-electron chi connectivity index (χ1n) is 5.87. The van der Waals surface area contributed by atoms with Crippen LogP contribution in [-0.4, -0.2) is 23.2 Å². The van der Waals surface area contributed by atoms with Gasteiger partial charge in [-0.05, 0) is 24.3 Å². The minimum atomic E-state index is -5.15. The lowest BCUT2D eigenvalue weighted by Gasteiger charge is -2.34. The van der Waals surface area contributed by atoms with Gasteiger partial charge in [0.1, 0.15) is 11.3 Å². The van der Waals surface area contributed by atoms with Gasteiger partial charge >= 0.3 is 12.4 Å². The van der Waals surface area contributed by atoms with Gasteiger partial charge in [0.2, 0.25) is 0 Å². The highest BCUT2D eigenvalue weighted by molar-refractivity contribution is 5.99. The number of halogens is 6. The topological polar surface area (TPSA) is 37.3 Å². The van der Waals surface area contributed by atoms with Crippen molar-refractivity contribution in [1.82, 2.24) is 0 Å². The molecule has 0 aromatic heterocycles. The molecule has 0 amide bonds. The Kier molecular flexibility index (Phi) is 3.38. The number of alkyl halides is 6. The molecule has 8 heteroatoms. The van der Waals surface area contributed by atoms with Crippen molar-refractivity contribution in [2.75, 3.05) is 0 Å². The molecule has 0 saturated carbocycles. The van der Waals surface area contributed by atoms with E-state index in [1.165, 1.54) is 0 Å². The highest BCUT2D eigenvalue weighted by Gasteiger charge is 2.52. The van der Waals surface area contributed by atoms with Crippen LogP contribution in [-0.2, 0) is 4.79 Å². The summed E-state index contributed by atoms with van der Waals surface area (Å²) in [6.07, 6.45) is -11.1. The van der Waals surface area contributed by atoms with Crippen molar-refractivity contribution in [2.24, 2.45) is 5.92 Å². The maximum atomic E-state index is 12.9. The number of rotatable bonds is 0. The lowest BCUT2D eigenvalue weighted by molar-refractivity contribution is -0.131. The van der Waals surface area contributed by atoms with Crippen LogP contribution in [0.1, 0.15) is 25.7 Å². The van der Waals surface area contributed by atoms with Gasteiger partial charge in [0.25, 0.3) is 0 Å². The number of carbonyl (C=O) groups is 1. The summed E-state index contributed by atoms with van der Waals surface area (Å²) in [6.45, 7) is 0. The molecule has 0 radical (unpaired) electrons. The van der Waals surface area contributed by atoms with E-state index in [9.17, 15) is 36.2 Å². The zero-order chi connectivity index (χ0) is 15.3. The second kappa shape index (κ2) is 4.53. The number of ketones is 1. The van der Waals surface area contributed by atoms with Crippen LogP contribution in [0.4, 0.5) is 26.3 Å². The first-order chi connectivity index (χ1) is 9.03. The Morgan fingerprint density at radius 3 is 1.90 bits per heavy atom. The van der Waals surface area contributed by atoms with Gasteiger partial charge in [-0.2, -0.15) is 26.3 Å². The normalized spacial score (nSPS) is 25.1. The van der Waals surface area contributed by atoms with Crippen LogP contribution in [0.3, 0.4) is 0 Å². The molecule has 0 aromatic carbocycles. The number of hydrogen-bond acceptors (Lipinski definition) is 2. The lowest BCUT2D eigenvalue weighted by atomic mass is 9.72. The van der Waals surface area contributed by atoms with Crippen LogP contribution in [0.5, 0.6) is 0 Å². The van der Waals surface area contributed by atoms with Gasteiger partial charge in [-0.15, -0.1) is 0 Å². The van der Waals surface area contributed by atoms with Crippen molar-refractivity contribution in [2.45, 2.75) is 38.0 Å². The van der Waals surface area contributed by atoms with Gasteiger partial charge in [0.15, 0.2) is 5.78 Å². The maximum Gasteiger partial charge on any atom is 0.420 e. The van der Waals surface area contributed by atoms with E-state index in [2.05, 4.69) is 0 Å². The molecule has 2 aliphatic carbocycles. The van der Waals surface area contributed by atoms with Gasteiger partial charge in [-0.3, -0.25) is 4.79 Å². The second-order valence-corrected chi connectivity index (χ2v) is 4.80. The van der Waals surface area contributed by atoms with Crippen LogP contribution < -0.4 is 0 Å². The summed E-state index contributed by atoms with van der Waals surface area (Å²) in [7, 11) is 0. The Morgan fingerprint density at radius 1 is 0.900 bits per heavy atom. The highest BCUT2D eigenvalue weighted by atomic mass is 19.4. The Morgan fingerprint density at radius 2 is 1.40 bits per heavy atom. The Balaban J connectivity index is 2.75. The minimum absolute atomic E-state index is 0.0202.